The molecule has 7 heteroatoms. The van der Waals surface area contributed by atoms with Crippen LogP contribution in [0, 0.1) is 12.8 Å². The molecule has 0 radical (unpaired) electrons. The van der Waals surface area contributed by atoms with Gasteiger partial charge >= 0.3 is 6.09 Å². The van der Waals surface area contributed by atoms with Crippen LogP contribution in [0.2, 0.25) is 0 Å². The van der Waals surface area contributed by atoms with Gasteiger partial charge in [0, 0.05) is 32.9 Å². The van der Waals surface area contributed by atoms with Crippen LogP contribution in [0.5, 0.6) is 0 Å². The summed E-state index contributed by atoms with van der Waals surface area (Å²) in [6.45, 7) is 10.3. The Morgan fingerprint density at radius 2 is 2.04 bits per heavy atom. The zero-order chi connectivity index (χ0) is 17.8. The van der Waals surface area contributed by atoms with Crippen molar-refractivity contribution >= 4 is 12.0 Å². The second-order valence-corrected chi connectivity index (χ2v) is 6.94. The third-order valence-electron chi connectivity index (χ3n) is 3.38. The van der Waals surface area contributed by atoms with Crippen LogP contribution >= 0.6 is 0 Å². The molecule has 23 heavy (non-hydrogen) atoms. The number of aryl methyl sites for hydroxylation is 1. The van der Waals surface area contributed by atoms with E-state index in [1.165, 1.54) is 4.90 Å². The van der Waals surface area contributed by atoms with Gasteiger partial charge in [-0.3, -0.25) is 9.48 Å². The summed E-state index contributed by atoms with van der Waals surface area (Å²) in [5.74, 6) is -0.0455. The summed E-state index contributed by atoms with van der Waals surface area (Å²) in [5, 5.41) is 6.93. The van der Waals surface area contributed by atoms with E-state index in [0.717, 1.165) is 5.69 Å². The highest BCUT2D eigenvalue weighted by atomic mass is 16.6. The highest BCUT2D eigenvalue weighted by Gasteiger charge is 2.21. The number of ether oxygens (including phenoxy) is 1. The molecule has 0 aliphatic rings. The van der Waals surface area contributed by atoms with Crippen LogP contribution in [0.3, 0.4) is 0 Å². The third-order valence-corrected chi connectivity index (χ3v) is 3.38. The van der Waals surface area contributed by atoms with Gasteiger partial charge in [0.1, 0.15) is 5.60 Å². The summed E-state index contributed by atoms with van der Waals surface area (Å²) >= 11 is 0. The standard InChI is InChI=1S/C16H28N4O3/c1-11(10-19(6)15(22)23-16(3,4)5)8-17-14(21)13-9-18-20(7)12(13)2/h9,11H,8,10H2,1-7H3,(H,17,21). The van der Waals surface area contributed by atoms with Crippen molar-refractivity contribution in [1.82, 2.24) is 20.0 Å². The average molecular weight is 324 g/mol. The van der Waals surface area contributed by atoms with Crippen molar-refractivity contribution < 1.29 is 14.3 Å². The van der Waals surface area contributed by atoms with E-state index in [0.29, 0.717) is 18.7 Å². The summed E-state index contributed by atoms with van der Waals surface area (Å²) in [7, 11) is 3.49. The predicted molar refractivity (Wildman–Crippen MR) is 88.3 cm³/mol. The first kappa shape index (κ1) is 19.0. The number of hydrogen-bond donors (Lipinski definition) is 1. The molecule has 1 heterocycles. The van der Waals surface area contributed by atoms with E-state index in [1.807, 2.05) is 34.6 Å². The number of nitrogens with zero attached hydrogens (tertiary/aromatic N) is 3. The van der Waals surface area contributed by atoms with E-state index in [9.17, 15) is 9.59 Å². The molecule has 0 aliphatic heterocycles. The van der Waals surface area contributed by atoms with Crippen LogP contribution in [0.25, 0.3) is 0 Å². The van der Waals surface area contributed by atoms with E-state index in [4.69, 9.17) is 4.74 Å². The summed E-state index contributed by atoms with van der Waals surface area (Å²) in [6, 6.07) is 0. The van der Waals surface area contributed by atoms with Gasteiger partial charge in [-0.1, -0.05) is 6.92 Å². The van der Waals surface area contributed by atoms with Gasteiger partial charge in [-0.05, 0) is 33.6 Å². The lowest BCUT2D eigenvalue weighted by molar-refractivity contribution is 0.0277. The van der Waals surface area contributed by atoms with E-state index >= 15 is 0 Å². The maximum Gasteiger partial charge on any atom is 0.410 e. The van der Waals surface area contributed by atoms with Gasteiger partial charge in [0.2, 0.25) is 0 Å². The Morgan fingerprint density at radius 1 is 1.43 bits per heavy atom. The number of aromatic nitrogens is 2. The molecule has 0 saturated carbocycles. The molecule has 2 amide bonds. The average Bonchev–Trinajstić information content (AvgIpc) is 2.74. The van der Waals surface area contributed by atoms with Crippen molar-refractivity contribution in [3.63, 3.8) is 0 Å². The molecule has 0 spiro atoms. The highest BCUT2D eigenvalue weighted by molar-refractivity contribution is 5.95. The van der Waals surface area contributed by atoms with Crippen molar-refractivity contribution in [3.8, 4) is 0 Å². The lowest BCUT2D eigenvalue weighted by Crippen LogP contribution is -2.39. The first-order valence-electron chi connectivity index (χ1n) is 7.72. The monoisotopic (exact) mass is 324 g/mol. The zero-order valence-corrected chi connectivity index (χ0v) is 15.1. The Labute approximate surface area is 138 Å². The molecule has 0 aromatic carbocycles. The number of rotatable bonds is 5. The summed E-state index contributed by atoms with van der Waals surface area (Å²) < 4.78 is 6.96. The van der Waals surface area contributed by atoms with E-state index in [1.54, 1.807) is 25.0 Å². The first-order chi connectivity index (χ1) is 10.5. The number of amides is 2. The molecule has 1 aromatic rings. The minimum Gasteiger partial charge on any atom is -0.444 e. The van der Waals surface area contributed by atoms with Crippen molar-refractivity contribution in [2.75, 3.05) is 20.1 Å². The highest BCUT2D eigenvalue weighted by Crippen LogP contribution is 2.10. The molecule has 0 aliphatic carbocycles. The summed E-state index contributed by atoms with van der Waals surface area (Å²) in [4.78, 5) is 25.6. The second-order valence-electron chi connectivity index (χ2n) is 6.94. The fourth-order valence-electron chi connectivity index (χ4n) is 2.03. The Balaban J connectivity index is 2.45. The smallest absolute Gasteiger partial charge is 0.410 e. The fraction of sp³-hybridized carbons (Fsp3) is 0.688. The molecule has 1 N–H and O–H groups in total. The molecule has 130 valence electrons. The number of nitrogens with one attached hydrogen (secondary N) is 1. The van der Waals surface area contributed by atoms with Crippen LogP contribution in [-0.4, -0.2) is 52.4 Å². The number of carbonyl (C=O) groups is 2. The molecule has 0 fully saturated rings. The first-order valence-corrected chi connectivity index (χ1v) is 7.72. The molecule has 0 saturated heterocycles. The van der Waals surface area contributed by atoms with Crippen LogP contribution in [0.1, 0.15) is 43.7 Å². The van der Waals surface area contributed by atoms with Gasteiger partial charge in [-0.25, -0.2) is 4.79 Å². The summed E-state index contributed by atoms with van der Waals surface area (Å²) in [6.07, 6.45) is 1.20. The normalized spacial score (nSPS) is 12.7. The maximum atomic E-state index is 12.1. The Hall–Kier alpha value is -2.05. The number of hydrogen-bond acceptors (Lipinski definition) is 4. The zero-order valence-electron chi connectivity index (χ0n) is 15.1. The molecule has 0 bridgehead atoms. The van der Waals surface area contributed by atoms with E-state index < -0.39 is 5.60 Å². The van der Waals surface area contributed by atoms with Gasteiger partial charge in [0.25, 0.3) is 5.91 Å². The molecule has 7 nitrogen and oxygen atoms in total. The Kier molecular flexibility index (Phi) is 6.18. The van der Waals surface area contributed by atoms with Crippen molar-refractivity contribution in [2.45, 2.75) is 40.2 Å². The lowest BCUT2D eigenvalue weighted by Gasteiger charge is -2.26. The predicted octanol–water partition coefficient (Wildman–Crippen LogP) is 1.96. The molecule has 1 rings (SSSR count). The maximum absolute atomic E-state index is 12.1. The lowest BCUT2D eigenvalue weighted by atomic mass is 10.1. The molecule has 1 unspecified atom stereocenters. The third kappa shape index (κ3) is 5.92. The minimum absolute atomic E-state index is 0.105. The minimum atomic E-state index is -0.513. The molecular weight excluding hydrogens is 296 g/mol. The quantitative estimate of drug-likeness (QED) is 0.898. The van der Waals surface area contributed by atoms with Crippen molar-refractivity contribution in [3.05, 3.63) is 17.5 Å². The van der Waals surface area contributed by atoms with Crippen LogP contribution in [-0.2, 0) is 11.8 Å². The van der Waals surface area contributed by atoms with E-state index in [2.05, 4.69) is 10.4 Å². The molecular formula is C16H28N4O3. The van der Waals surface area contributed by atoms with Crippen LogP contribution < -0.4 is 5.32 Å². The van der Waals surface area contributed by atoms with Gasteiger partial charge in [-0.2, -0.15) is 5.10 Å². The SMILES string of the molecule is Cc1c(C(=O)NCC(C)CN(C)C(=O)OC(C)(C)C)cnn1C. The van der Waals surface area contributed by atoms with Gasteiger partial charge < -0.3 is 15.0 Å². The fourth-order valence-corrected chi connectivity index (χ4v) is 2.03. The van der Waals surface area contributed by atoms with Crippen LogP contribution in [0.15, 0.2) is 6.20 Å². The topological polar surface area (TPSA) is 76.5 Å². The van der Waals surface area contributed by atoms with Crippen molar-refractivity contribution in [2.24, 2.45) is 13.0 Å². The number of carbonyl (C=O) groups excluding carboxylic acids is 2. The van der Waals surface area contributed by atoms with Gasteiger partial charge in [-0.15, -0.1) is 0 Å². The summed E-state index contributed by atoms with van der Waals surface area (Å²) in [5.41, 5.74) is 0.877. The largest absolute Gasteiger partial charge is 0.444 e. The van der Waals surface area contributed by atoms with Gasteiger partial charge in [0.15, 0.2) is 0 Å². The van der Waals surface area contributed by atoms with E-state index in [-0.39, 0.29) is 17.9 Å². The van der Waals surface area contributed by atoms with Crippen LogP contribution in [0.4, 0.5) is 4.79 Å². The van der Waals surface area contributed by atoms with Crippen molar-refractivity contribution in [1.29, 1.82) is 0 Å². The second kappa shape index (κ2) is 7.48. The Bertz CT molecular complexity index is 560. The molecule has 1 aromatic heterocycles. The molecule has 1 atom stereocenters. The van der Waals surface area contributed by atoms with Gasteiger partial charge in [0.05, 0.1) is 11.8 Å². The Morgan fingerprint density at radius 3 is 2.52 bits per heavy atom.